The summed E-state index contributed by atoms with van der Waals surface area (Å²) < 4.78 is 0. The normalized spacial score (nSPS) is 14.6. The van der Waals surface area contributed by atoms with E-state index in [9.17, 15) is 43.8 Å². The SMILES string of the molecule is Nc1nc2ncc(CNc3ccc(C(=O)NC(CCC(=O)NC(CC(=O)NCCN4CCN(CC=O)CC4)C(=O)O)C(=O)O)cc3)nc2c(=O)[nH]1. The number of carboxylic acid groups (broad SMARTS) is 2. The Hall–Kier alpha value is -6.02. The number of carbonyl (C=O) groups is 6. The zero-order valence-electron chi connectivity index (χ0n) is 27.5. The monoisotopic (exact) mass is 709 g/mol. The fourth-order valence-corrected chi connectivity index (χ4v) is 5.14. The molecule has 0 radical (unpaired) electrons. The standard InChI is InChI=1S/C31H39N11O9/c32-31-39-26-25(28(47)40-31)36-20(17-35-26)16-34-19-3-1-18(2-4-19)27(46)38-21(29(48)49)5-6-23(44)37-22(30(50)51)15-24(45)33-7-8-41-9-11-42(12-10-41)13-14-43/h1-4,14,17,21-22,34H,5-13,15-16H2,(H,33,45)(H,37,44)(H,38,46)(H,48,49)(H,50,51)(H3,32,35,39,40,47). The van der Waals surface area contributed by atoms with Gasteiger partial charge in [0.2, 0.25) is 17.8 Å². The molecule has 20 nitrogen and oxygen atoms in total. The molecule has 2 unspecified atom stereocenters. The number of hydrogen-bond donors (Lipinski definition) is 8. The molecule has 1 saturated heterocycles. The van der Waals surface area contributed by atoms with Gasteiger partial charge in [0.05, 0.1) is 31.4 Å². The van der Waals surface area contributed by atoms with Crippen molar-refractivity contribution in [3.05, 3.63) is 52.1 Å². The molecule has 9 N–H and O–H groups in total. The number of anilines is 2. The van der Waals surface area contributed by atoms with Gasteiger partial charge in [-0.25, -0.2) is 19.6 Å². The third-order valence-corrected chi connectivity index (χ3v) is 7.94. The zero-order valence-corrected chi connectivity index (χ0v) is 27.5. The van der Waals surface area contributed by atoms with Crippen LogP contribution in [0.15, 0.2) is 35.3 Å². The fourth-order valence-electron chi connectivity index (χ4n) is 5.14. The van der Waals surface area contributed by atoms with Gasteiger partial charge in [0.25, 0.3) is 11.5 Å². The van der Waals surface area contributed by atoms with Crippen LogP contribution in [0.4, 0.5) is 11.6 Å². The van der Waals surface area contributed by atoms with Gasteiger partial charge in [-0.3, -0.25) is 34.0 Å². The van der Waals surface area contributed by atoms with Gasteiger partial charge in [0.15, 0.2) is 11.2 Å². The molecular formula is C31H39N11O9. The largest absolute Gasteiger partial charge is 0.480 e. The smallest absolute Gasteiger partial charge is 0.326 e. The maximum atomic E-state index is 12.8. The van der Waals surface area contributed by atoms with Crippen LogP contribution in [0.5, 0.6) is 0 Å². The number of aromatic amines is 1. The Bertz CT molecular complexity index is 1790. The minimum absolute atomic E-state index is 0.0242. The van der Waals surface area contributed by atoms with E-state index < -0.39 is 60.1 Å². The Morgan fingerprint density at radius 3 is 2.29 bits per heavy atom. The first-order chi connectivity index (χ1) is 24.4. The molecule has 3 aromatic rings. The third kappa shape index (κ3) is 11.5. The maximum absolute atomic E-state index is 12.8. The van der Waals surface area contributed by atoms with Gasteiger partial charge in [0, 0.05) is 56.9 Å². The number of aldehydes is 1. The predicted octanol–water partition coefficient (Wildman–Crippen LogP) is -2.24. The minimum atomic E-state index is -1.54. The first kappa shape index (κ1) is 37.8. The number of carboxylic acids is 2. The highest BCUT2D eigenvalue weighted by Gasteiger charge is 2.26. The molecule has 0 aliphatic carbocycles. The molecule has 3 heterocycles. The molecular weight excluding hydrogens is 670 g/mol. The summed E-state index contributed by atoms with van der Waals surface area (Å²) >= 11 is 0. The number of H-pyrrole nitrogens is 1. The first-order valence-corrected chi connectivity index (χ1v) is 16.0. The molecule has 3 amide bonds. The molecule has 1 aliphatic rings. The number of hydrogen-bond acceptors (Lipinski definition) is 14. The van der Waals surface area contributed by atoms with Crippen LogP contribution in [-0.4, -0.2) is 134 Å². The summed E-state index contributed by atoms with van der Waals surface area (Å²) in [6.45, 7) is 4.26. The average molecular weight is 710 g/mol. The van der Waals surface area contributed by atoms with Gasteiger partial charge >= 0.3 is 11.9 Å². The van der Waals surface area contributed by atoms with E-state index in [1.165, 1.54) is 18.3 Å². The molecule has 20 heteroatoms. The Morgan fingerprint density at radius 1 is 0.941 bits per heavy atom. The highest BCUT2D eigenvalue weighted by molar-refractivity contribution is 5.97. The molecule has 0 bridgehead atoms. The Morgan fingerprint density at radius 2 is 1.63 bits per heavy atom. The number of benzene rings is 1. The Labute approximate surface area is 290 Å². The number of nitrogens with one attached hydrogen (secondary N) is 5. The molecule has 2 atom stereocenters. The lowest BCUT2D eigenvalue weighted by molar-refractivity contribution is -0.144. The van der Waals surface area contributed by atoms with Gasteiger partial charge in [-0.1, -0.05) is 0 Å². The van der Waals surface area contributed by atoms with Crippen molar-refractivity contribution >= 4 is 58.7 Å². The summed E-state index contributed by atoms with van der Waals surface area (Å²) in [6, 6.07) is 3.04. The third-order valence-electron chi connectivity index (χ3n) is 7.94. The van der Waals surface area contributed by atoms with Crippen molar-refractivity contribution in [2.24, 2.45) is 0 Å². The van der Waals surface area contributed by atoms with Gasteiger partial charge in [-0.05, 0) is 30.7 Å². The Kier molecular flexibility index (Phi) is 13.4. The fraction of sp³-hybridized carbons (Fsp3) is 0.419. The van der Waals surface area contributed by atoms with E-state index in [1.807, 2.05) is 4.90 Å². The topological polar surface area (TPSA) is 295 Å². The van der Waals surface area contributed by atoms with E-state index in [-0.39, 0.29) is 42.2 Å². The van der Waals surface area contributed by atoms with E-state index in [2.05, 4.69) is 46.1 Å². The van der Waals surface area contributed by atoms with E-state index in [0.717, 1.165) is 32.5 Å². The van der Waals surface area contributed by atoms with Crippen molar-refractivity contribution in [3.63, 3.8) is 0 Å². The highest BCUT2D eigenvalue weighted by Crippen LogP contribution is 2.12. The number of aromatic nitrogens is 4. The molecule has 0 spiro atoms. The van der Waals surface area contributed by atoms with E-state index in [4.69, 9.17) is 5.73 Å². The Balaban J connectivity index is 1.20. The van der Waals surface area contributed by atoms with Crippen molar-refractivity contribution in [2.75, 3.05) is 56.9 Å². The quantitative estimate of drug-likeness (QED) is 0.0648. The molecule has 272 valence electrons. The van der Waals surface area contributed by atoms with E-state index >= 15 is 0 Å². The summed E-state index contributed by atoms with van der Waals surface area (Å²) in [6.07, 6.45) is 0.976. The molecule has 1 fully saturated rings. The summed E-state index contributed by atoms with van der Waals surface area (Å²) in [5, 5.41) is 29.5. The molecule has 4 rings (SSSR count). The second kappa shape index (κ2) is 18.1. The number of piperazine rings is 1. The predicted molar refractivity (Wildman–Crippen MR) is 180 cm³/mol. The second-order valence-corrected chi connectivity index (χ2v) is 11.6. The van der Waals surface area contributed by atoms with Crippen molar-refractivity contribution in [1.82, 2.24) is 45.7 Å². The summed E-state index contributed by atoms with van der Waals surface area (Å²) in [5.74, 6) is -5.02. The van der Waals surface area contributed by atoms with Crippen LogP contribution in [0.3, 0.4) is 0 Å². The number of amides is 3. The number of aliphatic carboxylic acids is 2. The van der Waals surface area contributed by atoms with Gasteiger partial charge in [0.1, 0.15) is 18.4 Å². The van der Waals surface area contributed by atoms with Gasteiger partial charge in [-0.15, -0.1) is 0 Å². The van der Waals surface area contributed by atoms with Crippen LogP contribution in [-0.2, 0) is 30.5 Å². The van der Waals surface area contributed by atoms with Gasteiger partial charge < -0.3 is 42.0 Å². The lowest BCUT2D eigenvalue weighted by atomic mass is 10.1. The van der Waals surface area contributed by atoms with E-state index in [0.29, 0.717) is 24.5 Å². The number of nitrogen functional groups attached to an aromatic ring is 1. The molecule has 51 heavy (non-hydrogen) atoms. The maximum Gasteiger partial charge on any atom is 0.326 e. The second-order valence-electron chi connectivity index (χ2n) is 11.6. The van der Waals surface area contributed by atoms with Crippen molar-refractivity contribution in [2.45, 2.75) is 37.9 Å². The first-order valence-electron chi connectivity index (χ1n) is 16.0. The van der Waals surface area contributed by atoms with Crippen LogP contribution in [0, 0.1) is 0 Å². The summed E-state index contributed by atoms with van der Waals surface area (Å²) in [5.41, 5.74) is 6.26. The number of rotatable bonds is 18. The number of nitrogens with two attached hydrogens (primary N) is 1. The van der Waals surface area contributed by atoms with Crippen LogP contribution < -0.4 is 32.6 Å². The highest BCUT2D eigenvalue weighted by atomic mass is 16.4. The minimum Gasteiger partial charge on any atom is -0.480 e. The van der Waals surface area contributed by atoms with Crippen LogP contribution in [0.25, 0.3) is 11.2 Å². The zero-order chi connectivity index (χ0) is 36.9. The van der Waals surface area contributed by atoms with Crippen LogP contribution >= 0.6 is 0 Å². The van der Waals surface area contributed by atoms with Crippen LogP contribution in [0.1, 0.15) is 35.3 Å². The summed E-state index contributed by atoms with van der Waals surface area (Å²) in [4.78, 5) is 103. The summed E-state index contributed by atoms with van der Waals surface area (Å²) in [7, 11) is 0. The van der Waals surface area contributed by atoms with Crippen LogP contribution in [0.2, 0.25) is 0 Å². The number of carbonyl (C=O) groups excluding carboxylic acids is 4. The lowest BCUT2D eigenvalue weighted by Crippen LogP contribution is -2.49. The van der Waals surface area contributed by atoms with Crippen molar-refractivity contribution in [1.29, 1.82) is 0 Å². The van der Waals surface area contributed by atoms with Crippen molar-refractivity contribution < 1.29 is 39.0 Å². The van der Waals surface area contributed by atoms with Crippen molar-refractivity contribution in [3.8, 4) is 0 Å². The number of fused-ring (bicyclic) bond motifs is 1. The van der Waals surface area contributed by atoms with E-state index in [1.54, 1.807) is 12.1 Å². The molecule has 2 aromatic heterocycles. The lowest BCUT2D eigenvalue weighted by Gasteiger charge is -2.33. The number of nitrogens with zero attached hydrogens (tertiary/aromatic N) is 5. The molecule has 0 saturated carbocycles. The molecule has 1 aromatic carbocycles. The molecule has 1 aliphatic heterocycles. The average Bonchev–Trinajstić information content (AvgIpc) is 3.09. The van der Waals surface area contributed by atoms with Gasteiger partial charge in [-0.2, -0.15) is 4.98 Å².